The molecule has 4 aliphatic rings. The summed E-state index contributed by atoms with van der Waals surface area (Å²) in [7, 11) is 0. The SMILES string of the molecule is C[C@]12CCCC[C@@H]1CC[C@H]1[C@H]2CC[C@]2(C)[C@@H]1CC[C@@]2(O)CNCCO. The van der Waals surface area contributed by atoms with E-state index in [1.165, 1.54) is 57.8 Å². The topological polar surface area (TPSA) is 52.5 Å². The molecule has 0 aliphatic heterocycles. The van der Waals surface area contributed by atoms with E-state index in [0.29, 0.717) is 24.4 Å². The Hall–Kier alpha value is -0.120. The average Bonchev–Trinajstić information content (AvgIpc) is 2.86. The highest BCUT2D eigenvalue weighted by atomic mass is 16.3. The van der Waals surface area contributed by atoms with Crippen molar-refractivity contribution in [3.8, 4) is 0 Å². The Morgan fingerprint density at radius 2 is 1.72 bits per heavy atom. The average molecular weight is 350 g/mol. The molecule has 3 heteroatoms. The Morgan fingerprint density at radius 1 is 0.920 bits per heavy atom. The van der Waals surface area contributed by atoms with Gasteiger partial charge in [0.15, 0.2) is 0 Å². The predicted molar refractivity (Wildman–Crippen MR) is 101 cm³/mol. The maximum Gasteiger partial charge on any atom is 0.0827 e. The van der Waals surface area contributed by atoms with Gasteiger partial charge in [-0.3, -0.25) is 0 Å². The van der Waals surface area contributed by atoms with Gasteiger partial charge >= 0.3 is 0 Å². The summed E-state index contributed by atoms with van der Waals surface area (Å²) in [5.41, 5.74) is 0.0644. The molecule has 3 N–H and O–H groups in total. The predicted octanol–water partition coefficient (Wildman–Crippen LogP) is 3.73. The van der Waals surface area contributed by atoms with E-state index in [1.807, 2.05) is 0 Å². The van der Waals surface area contributed by atoms with Crippen molar-refractivity contribution in [2.24, 2.45) is 34.5 Å². The second-order valence-electron chi connectivity index (χ2n) is 10.3. The van der Waals surface area contributed by atoms with Gasteiger partial charge in [-0.25, -0.2) is 0 Å². The number of nitrogens with one attached hydrogen (secondary N) is 1. The van der Waals surface area contributed by atoms with Crippen molar-refractivity contribution in [2.45, 2.75) is 83.7 Å². The summed E-state index contributed by atoms with van der Waals surface area (Å²) in [6, 6.07) is 0. The molecule has 0 spiro atoms. The Bertz CT molecular complexity index is 496. The summed E-state index contributed by atoms with van der Waals surface area (Å²) in [5.74, 6) is 3.41. The molecule has 25 heavy (non-hydrogen) atoms. The molecule has 0 aromatic carbocycles. The Morgan fingerprint density at radius 3 is 2.52 bits per heavy atom. The van der Waals surface area contributed by atoms with Gasteiger partial charge in [0.1, 0.15) is 0 Å². The van der Waals surface area contributed by atoms with Gasteiger partial charge < -0.3 is 15.5 Å². The third-order valence-electron chi connectivity index (χ3n) is 9.61. The van der Waals surface area contributed by atoms with Crippen LogP contribution in [0.1, 0.15) is 78.1 Å². The quantitative estimate of drug-likeness (QED) is 0.678. The third kappa shape index (κ3) is 2.63. The molecule has 0 radical (unpaired) electrons. The molecule has 7 atom stereocenters. The van der Waals surface area contributed by atoms with Gasteiger partial charge in [-0.1, -0.05) is 26.7 Å². The second-order valence-corrected chi connectivity index (χ2v) is 10.3. The summed E-state index contributed by atoms with van der Waals surface area (Å²) in [5, 5.41) is 23.9. The van der Waals surface area contributed by atoms with Gasteiger partial charge in [-0.05, 0) is 80.5 Å². The summed E-state index contributed by atoms with van der Waals surface area (Å²) >= 11 is 0. The van der Waals surface area contributed by atoms with Gasteiger partial charge in [-0.2, -0.15) is 0 Å². The van der Waals surface area contributed by atoms with E-state index in [1.54, 1.807) is 0 Å². The largest absolute Gasteiger partial charge is 0.395 e. The third-order valence-corrected chi connectivity index (χ3v) is 9.61. The molecule has 0 saturated heterocycles. The van der Waals surface area contributed by atoms with Crippen molar-refractivity contribution in [3.63, 3.8) is 0 Å². The van der Waals surface area contributed by atoms with E-state index in [9.17, 15) is 5.11 Å². The fourth-order valence-electron chi connectivity index (χ4n) is 8.07. The lowest BCUT2D eigenvalue weighted by molar-refractivity contribution is -0.150. The van der Waals surface area contributed by atoms with Crippen LogP contribution in [0.5, 0.6) is 0 Å². The molecular weight excluding hydrogens is 310 g/mol. The van der Waals surface area contributed by atoms with Crippen molar-refractivity contribution in [1.82, 2.24) is 5.32 Å². The number of aliphatic hydroxyl groups excluding tert-OH is 1. The molecule has 0 bridgehead atoms. The van der Waals surface area contributed by atoms with E-state index in [0.717, 1.165) is 24.2 Å². The zero-order valence-corrected chi connectivity index (χ0v) is 16.4. The first-order valence-corrected chi connectivity index (χ1v) is 11.0. The summed E-state index contributed by atoms with van der Waals surface area (Å²) < 4.78 is 0. The maximum absolute atomic E-state index is 11.5. The summed E-state index contributed by atoms with van der Waals surface area (Å²) in [6.07, 6.45) is 13.3. The first-order valence-electron chi connectivity index (χ1n) is 11.0. The Labute approximate surface area is 154 Å². The van der Waals surface area contributed by atoms with Crippen LogP contribution in [0.25, 0.3) is 0 Å². The van der Waals surface area contributed by atoms with Crippen LogP contribution in [0.2, 0.25) is 0 Å². The fraction of sp³-hybridized carbons (Fsp3) is 1.00. The summed E-state index contributed by atoms with van der Waals surface area (Å²) in [6.45, 7) is 6.41. The number of rotatable bonds is 4. The molecule has 0 amide bonds. The van der Waals surface area contributed by atoms with Gasteiger partial charge in [0, 0.05) is 18.5 Å². The first kappa shape index (κ1) is 18.3. The Balaban J connectivity index is 1.55. The highest BCUT2D eigenvalue weighted by Gasteiger charge is 2.64. The smallest absolute Gasteiger partial charge is 0.0827 e. The Kier molecular flexibility index (Phi) is 4.74. The van der Waals surface area contributed by atoms with E-state index >= 15 is 0 Å². The number of fused-ring (bicyclic) bond motifs is 5. The molecule has 4 rings (SSSR count). The minimum Gasteiger partial charge on any atom is -0.395 e. The van der Waals surface area contributed by atoms with Crippen molar-refractivity contribution in [3.05, 3.63) is 0 Å². The van der Waals surface area contributed by atoms with Crippen LogP contribution in [0.3, 0.4) is 0 Å². The second kappa shape index (κ2) is 6.49. The lowest BCUT2D eigenvalue weighted by Gasteiger charge is -2.61. The fourth-order valence-corrected chi connectivity index (χ4v) is 8.07. The van der Waals surface area contributed by atoms with Crippen LogP contribution >= 0.6 is 0 Å². The van der Waals surface area contributed by atoms with E-state index in [2.05, 4.69) is 19.2 Å². The van der Waals surface area contributed by atoms with Crippen LogP contribution in [0, 0.1) is 34.5 Å². The molecule has 4 aliphatic carbocycles. The molecule has 4 saturated carbocycles. The van der Waals surface area contributed by atoms with Gasteiger partial charge in [0.05, 0.1) is 12.2 Å². The highest BCUT2D eigenvalue weighted by molar-refractivity contribution is 5.14. The van der Waals surface area contributed by atoms with E-state index in [4.69, 9.17) is 5.11 Å². The highest BCUT2D eigenvalue weighted by Crippen LogP contribution is 2.68. The van der Waals surface area contributed by atoms with Crippen LogP contribution in [0.4, 0.5) is 0 Å². The number of hydrogen-bond donors (Lipinski definition) is 3. The van der Waals surface area contributed by atoms with Gasteiger partial charge in [-0.15, -0.1) is 0 Å². The van der Waals surface area contributed by atoms with E-state index < -0.39 is 5.60 Å². The number of hydrogen-bond acceptors (Lipinski definition) is 3. The molecule has 0 aromatic heterocycles. The zero-order chi connectivity index (χ0) is 17.7. The standard InChI is InChI=1S/C22H39NO2/c1-20-10-4-3-5-16(20)6-7-17-18(20)8-11-21(2)19(17)9-12-22(21,25)15-23-13-14-24/h16-19,23-25H,3-15H2,1-2H3/t16-,17+,18-,19-,20+,21-,22-/m1/s1. The van der Waals surface area contributed by atoms with Crippen molar-refractivity contribution in [1.29, 1.82) is 0 Å². The van der Waals surface area contributed by atoms with Crippen LogP contribution in [0.15, 0.2) is 0 Å². The molecular formula is C22H39NO2. The zero-order valence-electron chi connectivity index (χ0n) is 16.4. The van der Waals surface area contributed by atoms with Crippen molar-refractivity contribution >= 4 is 0 Å². The van der Waals surface area contributed by atoms with Crippen molar-refractivity contribution in [2.75, 3.05) is 19.7 Å². The summed E-state index contributed by atoms with van der Waals surface area (Å²) in [4.78, 5) is 0. The number of aliphatic hydroxyl groups is 2. The van der Waals surface area contributed by atoms with Crippen LogP contribution in [-0.2, 0) is 0 Å². The minimum atomic E-state index is -0.581. The normalized spacial score (nSPS) is 52.3. The van der Waals surface area contributed by atoms with Crippen LogP contribution in [-0.4, -0.2) is 35.5 Å². The van der Waals surface area contributed by atoms with Crippen molar-refractivity contribution < 1.29 is 10.2 Å². The molecule has 0 aromatic rings. The molecule has 0 unspecified atom stereocenters. The van der Waals surface area contributed by atoms with Gasteiger partial charge in [0.2, 0.25) is 0 Å². The van der Waals surface area contributed by atoms with Crippen LogP contribution < -0.4 is 5.32 Å². The van der Waals surface area contributed by atoms with Gasteiger partial charge in [0.25, 0.3) is 0 Å². The monoisotopic (exact) mass is 349 g/mol. The molecule has 0 heterocycles. The molecule has 4 fully saturated rings. The lowest BCUT2D eigenvalue weighted by Crippen LogP contribution is -2.58. The first-order chi connectivity index (χ1) is 11.9. The molecule has 3 nitrogen and oxygen atoms in total. The molecule has 144 valence electrons. The minimum absolute atomic E-state index is 0.0640. The lowest BCUT2D eigenvalue weighted by atomic mass is 9.44. The van der Waals surface area contributed by atoms with E-state index in [-0.39, 0.29) is 12.0 Å². The maximum atomic E-state index is 11.5.